The number of nitrogens with zero attached hydrogens (tertiary/aromatic N) is 4. The fourth-order valence-electron chi connectivity index (χ4n) is 3.44. The summed E-state index contributed by atoms with van der Waals surface area (Å²) < 4.78 is 26.6. The van der Waals surface area contributed by atoms with Crippen LogP contribution in [0.15, 0.2) is 16.9 Å². The van der Waals surface area contributed by atoms with Gasteiger partial charge in [-0.1, -0.05) is 0 Å². The Morgan fingerprint density at radius 3 is 2.68 bits per heavy atom. The molecule has 2 aromatic rings. The number of hydrogen-bond donors (Lipinski definition) is 2. The van der Waals surface area contributed by atoms with Crippen molar-refractivity contribution >= 4 is 5.91 Å². The number of nitrogens with one attached hydrogen (secondary N) is 2. The Hall–Kier alpha value is -2.62. The Morgan fingerprint density at radius 1 is 1.36 bits per heavy atom. The lowest BCUT2D eigenvalue weighted by Crippen LogP contribution is -2.39. The molecule has 28 heavy (non-hydrogen) atoms. The number of hydrogen-bond acceptors (Lipinski definition) is 5. The minimum absolute atomic E-state index is 0.128. The Bertz CT molecular complexity index is 886. The van der Waals surface area contributed by atoms with Crippen LogP contribution in [-0.4, -0.2) is 50.2 Å². The van der Waals surface area contributed by atoms with Gasteiger partial charge in [0.05, 0.1) is 5.69 Å². The molecule has 0 atom stereocenters. The lowest BCUT2D eigenvalue weighted by Gasteiger charge is -2.31. The summed E-state index contributed by atoms with van der Waals surface area (Å²) >= 11 is 0. The molecule has 0 spiro atoms. The number of alkyl halides is 2. The number of carbonyl (C=O) groups excluding carboxylic acids is 1. The molecule has 2 aromatic heterocycles. The summed E-state index contributed by atoms with van der Waals surface area (Å²) in [7, 11) is 1.48. The summed E-state index contributed by atoms with van der Waals surface area (Å²) in [6.45, 7) is 4.55. The summed E-state index contributed by atoms with van der Waals surface area (Å²) in [5.74, 6) is 0.523. The summed E-state index contributed by atoms with van der Waals surface area (Å²) in [6.07, 6.45) is -0.901. The molecule has 152 valence electrons. The minimum atomic E-state index is -2.70. The molecular weight excluding hydrogens is 370 g/mol. The number of amides is 1. The van der Waals surface area contributed by atoms with E-state index < -0.39 is 18.0 Å². The van der Waals surface area contributed by atoms with Crippen molar-refractivity contribution in [3.05, 3.63) is 45.4 Å². The Labute approximate surface area is 161 Å². The van der Waals surface area contributed by atoms with E-state index in [0.717, 1.165) is 37.7 Å². The van der Waals surface area contributed by atoms with Crippen molar-refractivity contribution in [2.24, 2.45) is 13.0 Å². The first-order chi connectivity index (χ1) is 13.3. The van der Waals surface area contributed by atoms with Gasteiger partial charge in [-0.2, -0.15) is 5.10 Å². The lowest BCUT2D eigenvalue weighted by atomic mass is 9.96. The highest BCUT2D eigenvalue weighted by Crippen LogP contribution is 2.19. The highest BCUT2D eigenvalue weighted by Gasteiger charge is 2.22. The van der Waals surface area contributed by atoms with Crippen LogP contribution in [0.5, 0.6) is 0 Å². The van der Waals surface area contributed by atoms with Crippen LogP contribution in [0, 0.1) is 12.8 Å². The van der Waals surface area contributed by atoms with Gasteiger partial charge in [-0.05, 0) is 44.8 Å². The second-order valence-corrected chi connectivity index (χ2v) is 7.13. The van der Waals surface area contributed by atoms with Crippen molar-refractivity contribution < 1.29 is 13.6 Å². The molecule has 1 aliphatic heterocycles. The highest BCUT2D eigenvalue weighted by atomic mass is 19.3. The Kier molecular flexibility index (Phi) is 6.18. The highest BCUT2D eigenvalue weighted by molar-refractivity contribution is 5.92. The van der Waals surface area contributed by atoms with Crippen LogP contribution in [0.4, 0.5) is 8.78 Å². The van der Waals surface area contributed by atoms with E-state index in [4.69, 9.17) is 0 Å². The van der Waals surface area contributed by atoms with Crippen LogP contribution in [0.2, 0.25) is 0 Å². The van der Waals surface area contributed by atoms with Crippen LogP contribution in [0.25, 0.3) is 0 Å². The molecule has 8 nitrogen and oxygen atoms in total. The summed E-state index contributed by atoms with van der Waals surface area (Å²) in [5.41, 5.74) is 0.331. The first kappa shape index (κ1) is 20.1. The van der Waals surface area contributed by atoms with Crippen molar-refractivity contribution in [1.82, 2.24) is 30.0 Å². The third-order valence-corrected chi connectivity index (χ3v) is 4.91. The fourth-order valence-corrected chi connectivity index (χ4v) is 3.44. The number of piperidine rings is 1. The van der Waals surface area contributed by atoms with Gasteiger partial charge in [0.2, 0.25) is 0 Å². The zero-order valence-electron chi connectivity index (χ0n) is 15.9. The monoisotopic (exact) mass is 394 g/mol. The van der Waals surface area contributed by atoms with Gasteiger partial charge < -0.3 is 10.3 Å². The maximum Gasteiger partial charge on any atom is 0.282 e. The van der Waals surface area contributed by atoms with Crippen LogP contribution in [0.1, 0.15) is 47.0 Å². The largest absolute Gasteiger partial charge is 0.350 e. The average Bonchev–Trinajstić information content (AvgIpc) is 3.02. The molecular formula is C18H24F2N6O2. The summed E-state index contributed by atoms with van der Waals surface area (Å²) in [6, 6.07) is 2.64. The predicted octanol–water partition coefficient (Wildman–Crippen LogP) is 1.39. The SMILES string of the molecule is Cc1nc(CN2CCC(CNC(=O)c3cc(C(F)F)nn3C)CC2)cc(=O)[nH]1. The van der Waals surface area contributed by atoms with Crippen molar-refractivity contribution in [1.29, 1.82) is 0 Å². The molecule has 0 radical (unpaired) electrons. The molecule has 1 aliphatic rings. The smallest absolute Gasteiger partial charge is 0.282 e. The summed E-state index contributed by atoms with van der Waals surface area (Å²) in [5, 5.41) is 6.48. The maximum atomic E-state index is 12.7. The molecule has 0 aromatic carbocycles. The van der Waals surface area contributed by atoms with Gasteiger partial charge in [0.25, 0.3) is 17.9 Å². The van der Waals surface area contributed by atoms with Crippen molar-refractivity contribution in [2.75, 3.05) is 19.6 Å². The number of aromatic amines is 1. The van der Waals surface area contributed by atoms with Crippen LogP contribution >= 0.6 is 0 Å². The van der Waals surface area contributed by atoms with Crippen LogP contribution < -0.4 is 10.9 Å². The van der Waals surface area contributed by atoms with Crippen LogP contribution in [-0.2, 0) is 13.6 Å². The van der Waals surface area contributed by atoms with E-state index in [-0.39, 0.29) is 11.3 Å². The second kappa shape index (κ2) is 8.59. The van der Waals surface area contributed by atoms with E-state index >= 15 is 0 Å². The Morgan fingerprint density at radius 2 is 2.07 bits per heavy atom. The normalized spacial score (nSPS) is 15.9. The number of carbonyl (C=O) groups is 1. The third kappa shape index (κ3) is 5.00. The van der Waals surface area contributed by atoms with Gasteiger partial charge in [0.1, 0.15) is 17.2 Å². The van der Waals surface area contributed by atoms with E-state index in [9.17, 15) is 18.4 Å². The number of aryl methyl sites for hydroxylation is 2. The van der Waals surface area contributed by atoms with Gasteiger partial charge in [-0.15, -0.1) is 0 Å². The van der Waals surface area contributed by atoms with E-state index in [2.05, 4.69) is 25.3 Å². The predicted molar refractivity (Wildman–Crippen MR) is 98.1 cm³/mol. The molecule has 0 unspecified atom stereocenters. The van der Waals surface area contributed by atoms with Crippen molar-refractivity contribution in [2.45, 2.75) is 32.7 Å². The molecule has 1 saturated heterocycles. The van der Waals surface area contributed by atoms with Gasteiger partial charge in [-0.25, -0.2) is 13.8 Å². The number of likely N-dealkylation sites (tertiary alicyclic amines) is 1. The first-order valence-electron chi connectivity index (χ1n) is 9.21. The molecule has 10 heteroatoms. The molecule has 0 bridgehead atoms. The van der Waals surface area contributed by atoms with E-state index in [1.807, 2.05) is 0 Å². The molecule has 3 rings (SSSR count). The van der Waals surface area contributed by atoms with E-state index in [1.165, 1.54) is 17.8 Å². The van der Waals surface area contributed by atoms with Gasteiger partial charge in [0.15, 0.2) is 0 Å². The summed E-state index contributed by atoms with van der Waals surface area (Å²) in [4.78, 5) is 33.0. The quantitative estimate of drug-likeness (QED) is 0.772. The molecule has 1 amide bonds. The minimum Gasteiger partial charge on any atom is -0.350 e. The Balaban J connectivity index is 1.46. The zero-order chi connectivity index (χ0) is 20.3. The molecule has 0 aliphatic carbocycles. The standard InChI is InChI=1S/C18H24F2N6O2/c1-11-22-13(7-16(27)23-11)10-26-5-3-12(4-6-26)9-21-18(28)15-8-14(17(19)20)24-25(15)2/h7-8,12,17H,3-6,9-10H2,1-2H3,(H,21,28)(H,22,23,27). The van der Waals surface area contributed by atoms with Crippen molar-refractivity contribution in [3.8, 4) is 0 Å². The molecule has 3 heterocycles. The van der Waals surface area contributed by atoms with E-state index in [0.29, 0.717) is 24.8 Å². The lowest BCUT2D eigenvalue weighted by molar-refractivity contribution is 0.0925. The number of H-pyrrole nitrogens is 1. The van der Waals surface area contributed by atoms with Gasteiger partial charge >= 0.3 is 0 Å². The van der Waals surface area contributed by atoms with Gasteiger partial charge in [0, 0.05) is 26.2 Å². The van der Waals surface area contributed by atoms with E-state index in [1.54, 1.807) is 6.92 Å². The van der Waals surface area contributed by atoms with Crippen LogP contribution in [0.3, 0.4) is 0 Å². The number of aromatic nitrogens is 4. The second-order valence-electron chi connectivity index (χ2n) is 7.13. The van der Waals surface area contributed by atoms with Gasteiger partial charge in [-0.3, -0.25) is 19.2 Å². The molecule has 1 fully saturated rings. The fraction of sp³-hybridized carbons (Fsp3) is 0.556. The first-order valence-corrected chi connectivity index (χ1v) is 9.21. The maximum absolute atomic E-state index is 12.7. The topological polar surface area (TPSA) is 95.9 Å². The van der Waals surface area contributed by atoms with Crippen molar-refractivity contribution in [3.63, 3.8) is 0 Å². The number of halogens is 2. The third-order valence-electron chi connectivity index (χ3n) is 4.91. The zero-order valence-corrected chi connectivity index (χ0v) is 15.9. The molecule has 0 saturated carbocycles. The average molecular weight is 394 g/mol. The molecule has 2 N–H and O–H groups in total. The number of rotatable bonds is 6.